The maximum Gasteiger partial charge on any atom is 0.320 e. The van der Waals surface area contributed by atoms with Crippen LogP contribution in [0.15, 0.2) is 30.3 Å². The van der Waals surface area contributed by atoms with Crippen molar-refractivity contribution in [1.82, 2.24) is 14.7 Å². The zero-order chi connectivity index (χ0) is 23.9. The Morgan fingerprint density at radius 1 is 1.09 bits per heavy atom. The highest BCUT2D eigenvalue weighted by Crippen LogP contribution is 2.51. The van der Waals surface area contributed by atoms with Crippen molar-refractivity contribution in [3.05, 3.63) is 35.9 Å². The van der Waals surface area contributed by atoms with E-state index in [4.69, 9.17) is 0 Å². The molecule has 1 unspecified atom stereocenters. The van der Waals surface area contributed by atoms with Gasteiger partial charge >= 0.3 is 6.03 Å². The van der Waals surface area contributed by atoms with Crippen LogP contribution in [0, 0.1) is 16.7 Å². The lowest BCUT2D eigenvalue weighted by Crippen LogP contribution is -2.57. The number of nitrogens with zero attached hydrogens (tertiary/aromatic N) is 4. The number of carbonyl (C=O) groups excluding carboxylic acids is 1. The van der Waals surface area contributed by atoms with Crippen LogP contribution in [0.5, 0.6) is 0 Å². The van der Waals surface area contributed by atoms with Crippen LogP contribution in [-0.2, 0) is 16.2 Å². The molecule has 1 aromatic rings. The Labute approximate surface area is 199 Å². The van der Waals surface area contributed by atoms with Gasteiger partial charge in [-0.1, -0.05) is 36.8 Å². The molecule has 1 heterocycles. The van der Waals surface area contributed by atoms with Gasteiger partial charge in [0.05, 0.1) is 22.3 Å². The molecule has 2 amide bonds. The molecule has 1 aromatic carbocycles. The van der Waals surface area contributed by atoms with Crippen LogP contribution in [0.2, 0.25) is 0 Å². The van der Waals surface area contributed by atoms with Crippen molar-refractivity contribution >= 4 is 16.7 Å². The number of rotatable bonds is 7. The van der Waals surface area contributed by atoms with Gasteiger partial charge in [0.25, 0.3) is 0 Å². The van der Waals surface area contributed by atoms with E-state index in [2.05, 4.69) is 49.3 Å². The molecule has 2 saturated carbocycles. The molecule has 0 radical (unpaired) electrons. The summed E-state index contributed by atoms with van der Waals surface area (Å²) in [4.78, 5) is 19.6. The normalized spacial score (nSPS) is 30.0. The molecule has 7 nitrogen and oxygen atoms in total. The molecule has 180 valence electrons. The first-order chi connectivity index (χ1) is 15.7. The number of hydrogen-bond donors (Lipinski definition) is 1. The van der Waals surface area contributed by atoms with E-state index >= 15 is 0 Å². The van der Waals surface area contributed by atoms with Crippen molar-refractivity contribution in [1.29, 1.82) is 5.26 Å². The van der Waals surface area contributed by atoms with E-state index in [0.717, 1.165) is 44.9 Å². The van der Waals surface area contributed by atoms with Gasteiger partial charge in [0, 0.05) is 25.2 Å². The molecule has 1 saturated heterocycles. The van der Waals surface area contributed by atoms with Crippen molar-refractivity contribution in [3.8, 4) is 6.07 Å². The van der Waals surface area contributed by atoms with Crippen molar-refractivity contribution in [2.75, 3.05) is 33.7 Å². The quantitative estimate of drug-likeness (QED) is 0.616. The molecule has 8 heteroatoms. The van der Waals surface area contributed by atoms with Gasteiger partial charge in [-0.25, -0.2) is 13.2 Å². The number of urea groups is 1. The zero-order valence-corrected chi connectivity index (χ0v) is 20.9. The first-order valence-electron chi connectivity index (χ1n) is 12.0. The zero-order valence-electron chi connectivity index (χ0n) is 20.0. The fraction of sp³-hybridized carbons (Fsp3) is 0.680. The minimum absolute atomic E-state index is 0.0936. The molecule has 3 aliphatic rings. The second-order valence-corrected chi connectivity index (χ2v) is 12.1. The van der Waals surface area contributed by atoms with E-state index in [1.54, 1.807) is 11.8 Å². The monoisotopic (exact) mass is 472 g/mol. The maximum absolute atomic E-state index is 13.6. The van der Waals surface area contributed by atoms with Gasteiger partial charge in [0.1, 0.15) is 10.7 Å². The van der Waals surface area contributed by atoms with Gasteiger partial charge in [-0.15, -0.1) is 0 Å². The van der Waals surface area contributed by atoms with E-state index in [1.165, 1.54) is 5.56 Å². The standard InChI is InChI=1S/C25H36N4O3S/c1-20(33(31)32)16-28-19-24(29(22(28)30)18-23(17-26)10-7-11-23)12-14-25(15-13-24,27(2)3)21-8-5-4-6-9-21/h4-6,8-9,20,33H,7,10-16,18-19H2,1-3H3. The highest BCUT2D eigenvalue weighted by Gasteiger charge is 2.56. The van der Waals surface area contributed by atoms with Gasteiger partial charge in [-0.3, -0.25) is 4.90 Å². The smallest absolute Gasteiger partial charge is 0.320 e. The summed E-state index contributed by atoms with van der Waals surface area (Å²) in [6.07, 6.45) is 6.18. The van der Waals surface area contributed by atoms with E-state index < -0.39 is 21.4 Å². The summed E-state index contributed by atoms with van der Waals surface area (Å²) in [6.45, 7) is 2.87. The number of thiol groups is 1. The number of carbonyl (C=O) groups is 1. The van der Waals surface area contributed by atoms with Crippen LogP contribution in [0.3, 0.4) is 0 Å². The van der Waals surface area contributed by atoms with Gasteiger partial charge < -0.3 is 9.80 Å². The minimum atomic E-state index is -2.59. The Balaban J connectivity index is 1.63. The molecule has 33 heavy (non-hydrogen) atoms. The predicted molar refractivity (Wildman–Crippen MR) is 128 cm³/mol. The second kappa shape index (κ2) is 8.92. The molecule has 0 aromatic heterocycles. The summed E-state index contributed by atoms with van der Waals surface area (Å²) < 4.78 is 23.1. The van der Waals surface area contributed by atoms with Gasteiger partial charge in [-0.2, -0.15) is 5.26 Å². The number of amides is 2. The van der Waals surface area contributed by atoms with Crippen molar-refractivity contribution < 1.29 is 13.2 Å². The Morgan fingerprint density at radius 2 is 1.73 bits per heavy atom. The van der Waals surface area contributed by atoms with Crippen LogP contribution < -0.4 is 0 Å². The Kier molecular flexibility index (Phi) is 6.49. The molecular weight excluding hydrogens is 436 g/mol. The van der Waals surface area contributed by atoms with Gasteiger partial charge in [0.2, 0.25) is 0 Å². The lowest BCUT2D eigenvalue weighted by atomic mass is 9.66. The molecule has 2 aliphatic carbocycles. The maximum atomic E-state index is 13.6. The SMILES string of the molecule is CC(CN1CC2(CCC(c3ccccc3)(N(C)C)CC2)N(CC2(C#N)CCC2)C1=O)[SH](=O)=O. The van der Waals surface area contributed by atoms with Crippen molar-refractivity contribution in [2.45, 2.75) is 68.2 Å². The molecule has 3 fully saturated rings. The third kappa shape index (κ3) is 4.15. The van der Waals surface area contributed by atoms with E-state index in [9.17, 15) is 18.5 Å². The Bertz CT molecular complexity index is 981. The average molecular weight is 473 g/mol. The first-order valence-corrected chi connectivity index (χ1v) is 13.3. The molecule has 1 spiro atoms. The summed E-state index contributed by atoms with van der Waals surface area (Å²) in [6, 6.07) is 13.0. The molecular formula is C25H36N4O3S. The number of benzene rings is 1. The number of hydrogen-bond acceptors (Lipinski definition) is 5. The molecule has 0 bridgehead atoms. The van der Waals surface area contributed by atoms with Crippen LogP contribution in [0.4, 0.5) is 4.79 Å². The predicted octanol–water partition coefficient (Wildman–Crippen LogP) is 3.19. The first kappa shape index (κ1) is 24.0. The van der Waals surface area contributed by atoms with E-state index in [1.807, 2.05) is 11.0 Å². The fourth-order valence-electron chi connectivity index (χ4n) is 6.16. The largest absolute Gasteiger partial charge is 0.321 e. The van der Waals surface area contributed by atoms with Crippen LogP contribution >= 0.6 is 0 Å². The minimum Gasteiger partial charge on any atom is -0.321 e. The molecule has 1 aliphatic heterocycles. The highest BCUT2D eigenvalue weighted by atomic mass is 32.2. The third-order valence-corrected chi connectivity index (χ3v) is 9.47. The molecule has 1 atom stereocenters. The summed E-state index contributed by atoms with van der Waals surface area (Å²) >= 11 is 0. The van der Waals surface area contributed by atoms with Crippen LogP contribution in [0.25, 0.3) is 0 Å². The van der Waals surface area contributed by atoms with Crippen LogP contribution in [-0.4, -0.2) is 73.7 Å². The highest BCUT2D eigenvalue weighted by molar-refractivity contribution is 7.73. The fourth-order valence-corrected chi connectivity index (χ4v) is 6.49. The lowest BCUT2D eigenvalue weighted by Gasteiger charge is -2.52. The molecule has 0 N–H and O–H groups in total. The van der Waals surface area contributed by atoms with E-state index in [0.29, 0.717) is 13.1 Å². The average Bonchev–Trinajstić information content (AvgIpc) is 3.02. The summed E-state index contributed by atoms with van der Waals surface area (Å²) in [5.74, 6) is 0. The summed E-state index contributed by atoms with van der Waals surface area (Å²) in [5.41, 5.74) is 0.397. The number of nitriles is 1. The topological polar surface area (TPSA) is 84.7 Å². The Hall–Kier alpha value is -2.11. The van der Waals surface area contributed by atoms with Gasteiger partial charge in [0.15, 0.2) is 0 Å². The summed E-state index contributed by atoms with van der Waals surface area (Å²) in [7, 11) is 1.66. The van der Waals surface area contributed by atoms with Crippen molar-refractivity contribution in [2.24, 2.45) is 5.41 Å². The van der Waals surface area contributed by atoms with Gasteiger partial charge in [-0.05, 0) is 65.1 Å². The van der Waals surface area contributed by atoms with Crippen LogP contribution in [0.1, 0.15) is 57.4 Å². The summed E-state index contributed by atoms with van der Waals surface area (Å²) in [5, 5.41) is 9.29. The second-order valence-electron chi connectivity index (χ2n) is 10.6. The van der Waals surface area contributed by atoms with E-state index in [-0.39, 0.29) is 23.7 Å². The van der Waals surface area contributed by atoms with Crippen molar-refractivity contribution in [3.63, 3.8) is 0 Å². The molecule has 4 rings (SSSR count). The Morgan fingerprint density at radius 3 is 2.21 bits per heavy atom. The lowest BCUT2D eigenvalue weighted by molar-refractivity contribution is 0.00730. The third-order valence-electron chi connectivity index (χ3n) is 8.59.